The molecule has 1 aliphatic heterocycles. The first-order valence-electron chi connectivity index (χ1n) is 8.94. The summed E-state index contributed by atoms with van der Waals surface area (Å²) in [6, 6.07) is 22.6. The van der Waals surface area contributed by atoms with E-state index in [9.17, 15) is 14.4 Å². The summed E-state index contributed by atoms with van der Waals surface area (Å²) in [7, 11) is 1.45. The van der Waals surface area contributed by atoms with Crippen molar-refractivity contribution in [1.29, 1.82) is 0 Å². The largest absolute Gasteiger partial charge is 0.326 e. The number of benzene rings is 3. The van der Waals surface area contributed by atoms with E-state index in [4.69, 9.17) is 0 Å². The first kappa shape index (κ1) is 17.7. The van der Waals surface area contributed by atoms with Crippen LogP contribution in [0.1, 0.15) is 26.3 Å². The quantitative estimate of drug-likeness (QED) is 0.711. The van der Waals surface area contributed by atoms with Crippen LogP contribution in [0.15, 0.2) is 72.8 Å². The van der Waals surface area contributed by atoms with Crippen LogP contribution in [-0.4, -0.2) is 29.7 Å². The lowest BCUT2D eigenvalue weighted by Gasteiger charge is -2.09. The van der Waals surface area contributed by atoms with Crippen LogP contribution < -0.4 is 5.32 Å². The molecule has 28 heavy (non-hydrogen) atoms. The summed E-state index contributed by atoms with van der Waals surface area (Å²) in [6.45, 7) is 0. The van der Waals surface area contributed by atoms with E-state index in [1.807, 2.05) is 54.6 Å². The Morgan fingerprint density at radius 2 is 1.50 bits per heavy atom. The molecule has 138 valence electrons. The van der Waals surface area contributed by atoms with Crippen molar-refractivity contribution in [2.24, 2.45) is 0 Å². The summed E-state index contributed by atoms with van der Waals surface area (Å²) in [6.07, 6.45) is 0.0243. The molecule has 0 bridgehead atoms. The van der Waals surface area contributed by atoms with Crippen molar-refractivity contribution in [3.05, 3.63) is 89.5 Å². The van der Waals surface area contributed by atoms with Crippen LogP contribution in [0, 0.1) is 0 Å². The van der Waals surface area contributed by atoms with E-state index in [0.29, 0.717) is 22.4 Å². The molecule has 1 N–H and O–H groups in total. The zero-order valence-electron chi connectivity index (χ0n) is 15.3. The van der Waals surface area contributed by atoms with Gasteiger partial charge in [-0.1, -0.05) is 54.6 Å². The summed E-state index contributed by atoms with van der Waals surface area (Å²) in [5, 5.41) is 2.85. The van der Waals surface area contributed by atoms with Crippen LogP contribution in [0.3, 0.4) is 0 Å². The standard InChI is InChI=1S/C23H18N2O3/c1-25-22(27)19-9-5-8-17(21(19)23(25)28)14-20(26)24-18-12-10-16(11-13-18)15-6-3-2-4-7-15/h2-13H,14H2,1H3,(H,24,26). The molecule has 5 heteroatoms. The van der Waals surface area contributed by atoms with Crippen LogP contribution in [0.25, 0.3) is 11.1 Å². The Kier molecular flexibility index (Phi) is 4.49. The Labute approximate surface area is 162 Å². The molecule has 0 saturated carbocycles. The second-order valence-corrected chi connectivity index (χ2v) is 6.68. The molecule has 0 atom stereocenters. The predicted octanol–water partition coefficient (Wildman–Crippen LogP) is 3.76. The highest BCUT2D eigenvalue weighted by Gasteiger charge is 2.34. The summed E-state index contributed by atoms with van der Waals surface area (Å²) in [4.78, 5) is 38.0. The van der Waals surface area contributed by atoms with Gasteiger partial charge in [0.15, 0.2) is 0 Å². The number of fused-ring (bicyclic) bond motifs is 1. The van der Waals surface area contributed by atoms with Crippen LogP contribution >= 0.6 is 0 Å². The number of hydrogen-bond donors (Lipinski definition) is 1. The van der Waals surface area contributed by atoms with Gasteiger partial charge >= 0.3 is 0 Å². The zero-order chi connectivity index (χ0) is 19.7. The molecule has 5 nitrogen and oxygen atoms in total. The second-order valence-electron chi connectivity index (χ2n) is 6.68. The Balaban J connectivity index is 1.49. The molecule has 0 saturated heterocycles. The van der Waals surface area contributed by atoms with Crippen LogP contribution in [-0.2, 0) is 11.2 Å². The number of hydrogen-bond acceptors (Lipinski definition) is 3. The van der Waals surface area contributed by atoms with Crippen LogP contribution in [0.2, 0.25) is 0 Å². The summed E-state index contributed by atoms with van der Waals surface area (Å²) < 4.78 is 0. The Bertz CT molecular complexity index is 1070. The average Bonchev–Trinajstić information content (AvgIpc) is 2.94. The lowest BCUT2D eigenvalue weighted by molar-refractivity contribution is -0.115. The first-order valence-corrected chi connectivity index (χ1v) is 8.94. The molecule has 1 aliphatic rings. The van der Waals surface area contributed by atoms with Gasteiger partial charge in [0.05, 0.1) is 17.5 Å². The maximum absolute atomic E-state index is 12.5. The lowest BCUT2D eigenvalue weighted by Crippen LogP contribution is -2.24. The highest BCUT2D eigenvalue weighted by molar-refractivity contribution is 6.22. The van der Waals surface area contributed by atoms with E-state index in [1.165, 1.54) is 7.05 Å². The molecule has 3 amide bonds. The van der Waals surface area contributed by atoms with Gasteiger partial charge in [-0.3, -0.25) is 19.3 Å². The van der Waals surface area contributed by atoms with Gasteiger partial charge in [-0.15, -0.1) is 0 Å². The van der Waals surface area contributed by atoms with E-state index in [-0.39, 0.29) is 24.1 Å². The SMILES string of the molecule is CN1C(=O)c2cccc(CC(=O)Nc3ccc(-c4ccccc4)cc3)c2C1=O. The summed E-state index contributed by atoms with van der Waals surface area (Å²) in [5.74, 6) is -0.940. The minimum absolute atomic E-state index is 0.0243. The normalized spacial score (nSPS) is 12.8. The number of imide groups is 1. The fourth-order valence-corrected chi connectivity index (χ4v) is 3.37. The fourth-order valence-electron chi connectivity index (χ4n) is 3.37. The van der Waals surface area contributed by atoms with Gasteiger partial charge < -0.3 is 5.32 Å². The number of carbonyl (C=O) groups excluding carboxylic acids is 3. The molecule has 1 heterocycles. The maximum Gasteiger partial charge on any atom is 0.261 e. The maximum atomic E-state index is 12.5. The number of rotatable bonds is 4. The van der Waals surface area contributed by atoms with Crippen LogP contribution in [0.4, 0.5) is 5.69 Å². The van der Waals surface area contributed by atoms with Gasteiger partial charge in [0, 0.05) is 12.7 Å². The Hall–Kier alpha value is -3.73. The predicted molar refractivity (Wildman–Crippen MR) is 107 cm³/mol. The van der Waals surface area contributed by atoms with Gasteiger partial charge in [-0.2, -0.15) is 0 Å². The van der Waals surface area contributed by atoms with Gasteiger partial charge in [-0.05, 0) is 34.9 Å². The van der Waals surface area contributed by atoms with Gasteiger partial charge in [0.1, 0.15) is 0 Å². The molecule has 0 fully saturated rings. The third kappa shape index (κ3) is 3.18. The minimum Gasteiger partial charge on any atom is -0.326 e. The topological polar surface area (TPSA) is 66.5 Å². The molecule has 0 unspecified atom stereocenters. The third-order valence-electron chi connectivity index (χ3n) is 4.83. The van der Waals surface area contributed by atoms with E-state index in [0.717, 1.165) is 16.0 Å². The van der Waals surface area contributed by atoms with Crippen molar-refractivity contribution in [2.45, 2.75) is 6.42 Å². The number of nitrogens with zero attached hydrogens (tertiary/aromatic N) is 1. The molecule has 0 aromatic heterocycles. The molecule has 4 rings (SSSR count). The average molecular weight is 370 g/mol. The second kappa shape index (κ2) is 7.12. The monoisotopic (exact) mass is 370 g/mol. The minimum atomic E-state index is -0.365. The Morgan fingerprint density at radius 1 is 0.821 bits per heavy atom. The van der Waals surface area contributed by atoms with Crippen molar-refractivity contribution in [1.82, 2.24) is 4.90 Å². The molecule has 3 aromatic rings. The summed E-state index contributed by atoms with van der Waals surface area (Å²) in [5.41, 5.74) is 4.07. The van der Waals surface area contributed by atoms with E-state index < -0.39 is 0 Å². The smallest absolute Gasteiger partial charge is 0.261 e. The van der Waals surface area contributed by atoms with Crippen molar-refractivity contribution in [2.75, 3.05) is 12.4 Å². The van der Waals surface area contributed by atoms with E-state index >= 15 is 0 Å². The van der Waals surface area contributed by atoms with Crippen molar-refractivity contribution in [3.8, 4) is 11.1 Å². The van der Waals surface area contributed by atoms with Gasteiger partial charge in [-0.25, -0.2) is 0 Å². The molecule has 0 spiro atoms. The van der Waals surface area contributed by atoms with Crippen LogP contribution in [0.5, 0.6) is 0 Å². The van der Waals surface area contributed by atoms with Crippen molar-refractivity contribution in [3.63, 3.8) is 0 Å². The van der Waals surface area contributed by atoms with E-state index in [2.05, 4.69) is 5.32 Å². The molecular formula is C23H18N2O3. The molecule has 3 aromatic carbocycles. The number of anilines is 1. The fraction of sp³-hybridized carbons (Fsp3) is 0.0870. The zero-order valence-corrected chi connectivity index (χ0v) is 15.3. The summed E-state index contributed by atoms with van der Waals surface area (Å²) >= 11 is 0. The molecular weight excluding hydrogens is 352 g/mol. The lowest BCUT2D eigenvalue weighted by atomic mass is 10.00. The highest BCUT2D eigenvalue weighted by Crippen LogP contribution is 2.26. The number of carbonyl (C=O) groups is 3. The third-order valence-corrected chi connectivity index (χ3v) is 4.83. The molecule has 0 radical (unpaired) electrons. The highest BCUT2D eigenvalue weighted by atomic mass is 16.2. The first-order chi connectivity index (χ1) is 13.5. The van der Waals surface area contributed by atoms with E-state index in [1.54, 1.807) is 18.2 Å². The number of nitrogens with one attached hydrogen (secondary N) is 1. The van der Waals surface area contributed by atoms with Gasteiger partial charge in [0.2, 0.25) is 5.91 Å². The van der Waals surface area contributed by atoms with Crippen molar-refractivity contribution < 1.29 is 14.4 Å². The van der Waals surface area contributed by atoms with Crippen molar-refractivity contribution >= 4 is 23.4 Å². The Morgan fingerprint density at radius 3 is 2.21 bits per heavy atom. The number of amides is 3. The van der Waals surface area contributed by atoms with Gasteiger partial charge in [0.25, 0.3) is 11.8 Å². The molecule has 0 aliphatic carbocycles.